The Morgan fingerprint density at radius 2 is 2.00 bits per heavy atom. The van der Waals surface area contributed by atoms with Gasteiger partial charge in [0, 0.05) is 13.1 Å². The van der Waals surface area contributed by atoms with E-state index in [9.17, 15) is 0 Å². The second-order valence-electron chi connectivity index (χ2n) is 4.79. The van der Waals surface area contributed by atoms with E-state index in [-0.39, 0.29) is 5.95 Å². The molecular formula is C12H21N5O. The van der Waals surface area contributed by atoms with Crippen molar-refractivity contribution in [1.82, 2.24) is 15.0 Å². The molecule has 1 saturated heterocycles. The van der Waals surface area contributed by atoms with Crippen LogP contribution in [0.2, 0.25) is 0 Å². The number of hydrogen-bond acceptors (Lipinski definition) is 6. The summed E-state index contributed by atoms with van der Waals surface area (Å²) in [5.41, 5.74) is 5.70. The number of rotatable bonds is 4. The number of piperidine rings is 1. The highest BCUT2D eigenvalue weighted by Crippen LogP contribution is 2.21. The average Bonchev–Trinajstić information content (AvgIpc) is 2.36. The van der Waals surface area contributed by atoms with Crippen molar-refractivity contribution in [2.24, 2.45) is 5.92 Å². The van der Waals surface area contributed by atoms with Gasteiger partial charge in [0.25, 0.3) is 0 Å². The van der Waals surface area contributed by atoms with E-state index in [4.69, 9.17) is 10.5 Å². The van der Waals surface area contributed by atoms with Gasteiger partial charge in [-0.2, -0.15) is 15.0 Å². The number of anilines is 2. The van der Waals surface area contributed by atoms with Crippen LogP contribution < -0.4 is 15.4 Å². The predicted molar refractivity (Wildman–Crippen MR) is 70.6 cm³/mol. The maximum absolute atomic E-state index is 5.70. The van der Waals surface area contributed by atoms with E-state index in [1.165, 1.54) is 0 Å². The lowest BCUT2D eigenvalue weighted by atomic mass is 10.00. The lowest BCUT2D eigenvalue weighted by molar-refractivity contribution is 0.291. The molecule has 0 unspecified atom stereocenters. The third kappa shape index (κ3) is 3.21. The molecule has 0 radical (unpaired) electrons. The molecule has 2 N–H and O–H groups in total. The summed E-state index contributed by atoms with van der Waals surface area (Å²) in [6.07, 6.45) is 3.25. The number of nitrogens with zero attached hydrogens (tertiary/aromatic N) is 4. The molecule has 1 aliphatic rings. The second-order valence-corrected chi connectivity index (χ2v) is 4.79. The minimum absolute atomic E-state index is 0.227. The van der Waals surface area contributed by atoms with Crippen molar-refractivity contribution in [3.8, 4) is 6.01 Å². The number of hydrogen-bond donors (Lipinski definition) is 1. The van der Waals surface area contributed by atoms with E-state index in [1.807, 2.05) is 6.92 Å². The first-order chi connectivity index (χ1) is 8.69. The Balaban J connectivity index is 2.09. The smallest absolute Gasteiger partial charge is 0.323 e. The van der Waals surface area contributed by atoms with Gasteiger partial charge in [0.1, 0.15) is 0 Å². The van der Waals surface area contributed by atoms with Crippen molar-refractivity contribution in [2.45, 2.75) is 33.1 Å². The quantitative estimate of drug-likeness (QED) is 0.873. The molecule has 100 valence electrons. The standard InChI is InChI=1S/C12H21N5O/c1-3-8-18-12-15-10(13)14-11(16-12)17-6-4-9(2)5-7-17/h9H,3-8H2,1-2H3,(H2,13,14,15,16). The van der Waals surface area contributed by atoms with Crippen molar-refractivity contribution < 1.29 is 4.74 Å². The highest BCUT2D eigenvalue weighted by Gasteiger charge is 2.19. The molecule has 1 aromatic heterocycles. The zero-order valence-corrected chi connectivity index (χ0v) is 11.1. The van der Waals surface area contributed by atoms with Gasteiger partial charge in [-0.05, 0) is 25.2 Å². The molecule has 2 heterocycles. The first-order valence-corrected chi connectivity index (χ1v) is 6.58. The number of ether oxygens (including phenoxy) is 1. The minimum atomic E-state index is 0.227. The fourth-order valence-corrected chi connectivity index (χ4v) is 1.97. The zero-order chi connectivity index (χ0) is 13.0. The van der Waals surface area contributed by atoms with Crippen molar-refractivity contribution >= 4 is 11.9 Å². The van der Waals surface area contributed by atoms with Gasteiger partial charge in [0.05, 0.1) is 6.61 Å². The predicted octanol–water partition coefficient (Wildman–Crippen LogP) is 1.48. The molecule has 1 aromatic rings. The van der Waals surface area contributed by atoms with Crippen LogP contribution in [-0.2, 0) is 0 Å². The highest BCUT2D eigenvalue weighted by atomic mass is 16.5. The Morgan fingerprint density at radius 3 is 2.67 bits per heavy atom. The zero-order valence-electron chi connectivity index (χ0n) is 11.1. The van der Waals surface area contributed by atoms with Gasteiger partial charge in [0.2, 0.25) is 11.9 Å². The van der Waals surface area contributed by atoms with Gasteiger partial charge < -0.3 is 15.4 Å². The summed E-state index contributed by atoms with van der Waals surface area (Å²) in [6, 6.07) is 0.331. The number of nitrogens with two attached hydrogens (primary N) is 1. The van der Waals surface area contributed by atoms with E-state index in [0.29, 0.717) is 18.6 Å². The van der Waals surface area contributed by atoms with Gasteiger partial charge >= 0.3 is 6.01 Å². The first kappa shape index (κ1) is 12.9. The Hall–Kier alpha value is -1.59. The van der Waals surface area contributed by atoms with E-state index < -0.39 is 0 Å². The monoisotopic (exact) mass is 251 g/mol. The topological polar surface area (TPSA) is 77.2 Å². The minimum Gasteiger partial charge on any atom is -0.463 e. The summed E-state index contributed by atoms with van der Waals surface area (Å²) in [6.45, 7) is 6.85. The van der Waals surface area contributed by atoms with E-state index in [2.05, 4.69) is 26.8 Å². The Bertz CT molecular complexity index is 390. The Kier molecular flexibility index (Phi) is 4.17. The average molecular weight is 251 g/mol. The summed E-state index contributed by atoms with van der Waals surface area (Å²) in [5.74, 6) is 1.64. The Labute approximate surface area is 108 Å². The Morgan fingerprint density at radius 1 is 1.28 bits per heavy atom. The molecular weight excluding hydrogens is 230 g/mol. The van der Waals surface area contributed by atoms with Crippen LogP contribution in [0.3, 0.4) is 0 Å². The molecule has 0 aromatic carbocycles. The van der Waals surface area contributed by atoms with Crippen LogP contribution in [0.1, 0.15) is 33.1 Å². The second kappa shape index (κ2) is 5.84. The molecule has 0 spiro atoms. The van der Waals surface area contributed by atoms with Crippen LogP contribution in [-0.4, -0.2) is 34.6 Å². The SMILES string of the molecule is CCCOc1nc(N)nc(N2CCC(C)CC2)n1. The molecule has 0 atom stereocenters. The van der Waals surface area contributed by atoms with E-state index >= 15 is 0 Å². The van der Waals surface area contributed by atoms with Gasteiger partial charge in [-0.15, -0.1) is 0 Å². The maximum atomic E-state index is 5.70. The van der Waals surface area contributed by atoms with Crippen molar-refractivity contribution in [3.05, 3.63) is 0 Å². The van der Waals surface area contributed by atoms with Gasteiger partial charge in [-0.1, -0.05) is 13.8 Å². The summed E-state index contributed by atoms with van der Waals surface area (Å²) in [5, 5.41) is 0. The van der Waals surface area contributed by atoms with Gasteiger partial charge in [0.15, 0.2) is 0 Å². The fourth-order valence-electron chi connectivity index (χ4n) is 1.97. The van der Waals surface area contributed by atoms with Crippen molar-refractivity contribution in [3.63, 3.8) is 0 Å². The van der Waals surface area contributed by atoms with Gasteiger partial charge in [-0.25, -0.2) is 0 Å². The van der Waals surface area contributed by atoms with Crippen LogP contribution in [0.15, 0.2) is 0 Å². The molecule has 0 aliphatic carbocycles. The highest BCUT2D eigenvalue weighted by molar-refractivity contribution is 5.36. The summed E-state index contributed by atoms with van der Waals surface area (Å²) >= 11 is 0. The normalized spacial score (nSPS) is 16.9. The van der Waals surface area contributed by atoms with Crippen LogP contribution >= 0.6 is 0 Å². The molecule has 0 saturated carbocycles. The molecule has 18 heavy (non-hydrogen) atoms. The van der Waals surface area contributed by atoms with E-state index in [0.717, 1.165) is 38.3 Å². The molecule has 0 amide bonds. The summed E-state index contributed by atoms with van der Waals surface area (Å²) in [7, 11) is 0. The van der Waals surface area contributed by atoms with Crippen LogP contribution in [0.5, 0.6) is 6.01 Å². The van der Waals surface area contributed by atoms with E-state index in [1.54, 1.807) is 0 Å². The molecule has 1 fully saturated rings. The summed E-state index contributed by atoms with van der Waals surface area (Å²) < 4.78 is 5.42. The largest absolute Gasteiger partial charge is 0.463 e. The first-order valence-electron chi connectivity index (χ1n) is 6.58. The van der Waals surface area contributed by atoms with Crippen LogP contribution in [0, 0.1) is 5.92 Å². The summed E-state index contributed by atoms with van der Waals surface area (Å²) in [4.78, 5) is 14.7. The maximum Gasteiger partial charge on any atom is 0.323 e. The van der Waals surface area contributed by atoms with Gasteiger partial charge in [-0.3, -0.25) is 0 Å². The molecule has 2 rings (SSSR count). The molecule has 6 nitrogen and oxygen atoms in total. The third-order valence-electron chi connectivity index (χ3n) is 3.12. The van der Waals surface area contributed by atoms with Crippen LogP contribution in [0.4, 0.5) is 11.9 Å². The lowest BCUT2D eigenvalue weighted by Crippen LogP contribution is -2.34. The van der Waals surface area contributed by atoms with Crippen molar-refractivity contribution in [2.75, 3.05) is 30.3 Å². The number of nitrogen functional groups attached to an aromatic ring is 1. The molecule has 0 bridgehead atoms. The lowest BCUT2D eigenvalue weighted by Gasteiger charge is -2.30. The van der Waals surface area contributed by atoms with Crippen molar-refractivity contribution in [1.29, 1.82) is 0 Å². The molecule has 1 aliphatic heterocycles. The molecule has 6 heteroatoms. The number of aromatic nitrogens is 3. The third-order valence-corrected chi connectivity index (χ3v) is 3.12. The van der Waals surface area contributed by atoms with Crippen LogP contribution in [0.25, 0.3) is 0 Å². The fraction of sp³-hybridized carbons (Fsp3) is 0.750.